The van der Waals surface area contributed by atoms with E-state index in [-0.39, 0.29) is 0 Å². The first-order valence-electron chi connectivity index (χ1n) is 5.77. The zero-order valence-corrected chi connectivity index (χ0v) is 10.3. The molecule has 0 bridgehead atoms. The molecule has 2 rings (SSSR count). The molecule has 0 saturated heterocycles. The van der Waals surface area contributed by atoms with Gasteiger partial charge in [0.25, 0.3) is 5.91 Å². The van der Waals surface area contributed by atoms with Gasteiger partial charge in [0.05, 0.1) is 6.42 Å². The number of benzene rings is 1. The van der Waals surface area contributed by atoms with E-state index >= 15 is 0 Å². The molecule has 2 aromatic rings. The predicted octanol–water partition coefficient (Wildman–Crippen LogP) is 2.86. The van der Waals surface area contributed by atoms with E-state index in [1.807, 2.05) is 17.7 Å². The fourth-order valence-electron chi connectivity index (χ4n) is 1.91. The van der Waals surface area contributed by atoms with Gasteiger partial charge in [0.2, 0.25) is 0 Å². The Balaban J connectivity index is 2.14. The van der Waals surface area contributed by atoms with Gasteiger partial charge in [-0.1, -0.05) is 6.07 Å². The summed E-state index contributed by atoms with van der Waals surface area (Å²) in [5.41, 5.74) is 1.25. The Hall–Kier alpha value is -1.98. The van der Waals surface area contributed by atoms with Crippen LogP contribution in [-0.2, 0) is 7.05 Å². The van der Waals surface area contributed by atoms with Crippen LogP contribution in [0.25, 0.3) is 10.9 Å². The van der Waals surface area contributed by atoms with E-state index in [0.717, 1.165) is 10.9 Å². The molecule has 1 aromatic heterocycles. The molecule has 0 fully saturated rings. The standard InChI is InChI=1S/C13H13F3N2O/c1-18-8-5-9-10(3-2-4-11(9)18)12(19)17-7-6-13(14,15)16/h2-5,8H,6-7H2,1H3,(H,17,19). The highest BCUT2D eigenvalue weighted by Gasteiger charge is 2.26. The molecule has 0 spiro atoms. The second-order valence-electron chi connectivity index (χ2n) is 4.29. The van der Waals surface area contributed by atoms with Crippen LogP contribution in [0.2, 0.25) is 0 Å². The topological polar surface area (TPSA) is 34.0 Å². The molecule has 0 unspecified atom stereocenters. The molecule has 1 amide bonds. The summed E-state index contributed by atoms with van der Waals surface area (Å²) < 4.78 is 37.9. The molecule has 0 radical (unpaired) electrons. The lowest BCUT2D eigenvalue weighted by molar-refractivity contribution is -0.132. The average molecular weight is 270 g/mol. The van der Waals surface area contributed by atoms with Gasteiger partial charge in [0, 0.05) is 36.3 Å². The maximum atomic E-state index is 12.0. The van der Waals surface area contributed by atoms with Crippen LogP contribution in [0.1, 0.15) is 16.8 Å². The molecule has 102 valence electrons. The molecule has 1 aromatic carbocycles. The van der Waals surface area contributed by atoms with Crippen molar-refractivity contribution in [1.82, 2.24) is 9.88 Å². The summed E-state index contributed by atoms with van der Waals surface area (Å²) in [7, 11) is 1.84. The largest absolute Gasteiger partial charge is 0.390 e. The molecule has 0 aliphatic heterocycles. The number of nitrogens with one attached hydrogen (secondary N) is 1. The number of fused-ring (bicyclic) bond motifs is 1. The van der Waals surface area contributed by atoms with Crippen LogP contribution < -0.4 is 5.32 Å². The Bertz CT molecular complexity index is 601. The number of hydrogen-bond acceptors (Lipinski definition) is 1. The average Bonchev–Trinajstić information content (AvgIpc) is 2.69. The number of aryl methyl sites for hydroxylation is 1. The van der Waals surface area contributed by atoms with E-state index in [2.05, 4.69) is 5.32 Å². The predicted molar refractivity (Wildman–Crippen MR) is 65.9 cm³/mol. The summed E-state index contributed by atoms with van der Waals surface area (Å²) in [6.45, 7) is -0.411. The first kappa shape index (κ1) is 13.5. The quantitative estimate of drug-likeness (QED) is 0.914. The highest BCUT2D eigenvalue weighted by molar-refractivity contribution is 6.06. The summed E-state index contributed by atoms with van der Waals surface area (Å²) in [6, 6.07) is 6.93. The minimum absolute atomic E-state index is 0.389. The van der Waals surface area contributed by atoms with Crippen LogP contribution in [0.4, 0.5) is 13.2 Å². The molecule has 3 nitrogen and oxygen atoms in total. The van der Waals surface area contributed by atoms with Gasteiger partial charge < -0.3 is 9.88 Å². The molecule has 1 heterocycles. The fraction of sp³-hybridized carbons (Fsp3) is 0.308. The molecule has 19 heavy (non-hydrogen) atoms. The molecule has 0 saturated carbocycles. The summed E-state index contributed by atoms with van der Waals surface area (Å²) in [4.78, 5) is 11.9. The van der Waals surface area contributed by atoms with Crippen molar-refractivity contribution in [2.45, 2.75) is 12.6 Å². The van der Waals surface area contributed by atoms with Gasteiger partial charge in [-0.25, -0.2) is 0 Å². The van der Waals surface area contributed by atoms with E-state index in [1.54, 1.807) is 24.4 Å². The first-order valence-corrected chi connectivity index (χ1v) is 5.77. The number of amides is 1. The minimum atomic E-state index is -4.26. The zero-order valence-electron chi connectivity index (χ0n) is 10.3. The van der Waals surface area contributed by atoms with Crippen LogP contribution in [0, 0.1) is 0 Å². The SMILES string of the molecule is Cn1ccc2c(C(=O)NCCC(F)(F)F)cccc21. The highest BCUT2D eigenvalue weighted by atomic mass is 19.4. The van der Waals surface area contributed by atoms with Gasteiger partial charge in [-0.15, -0.1) is 0 Å². The van der Waals surface area contributed by atoms with Crippen molar-refractivity contribution < 1.29 is 18.0 Å². The molecular formula is C13H13F3N2O. The van der Waals surface area contributed by atoms with Crippen LogP contribution >= 0.6 is 0 Å². The van der Waals surface area contributed by atoms with Crippen molar-refractivity contribution >= 4 is 16.8 Å². The smallest absolute Gasteiger partial charge is 0.352 e. The van der Waals surface area contributed by atoms with Crippen molar-refractivity contribution in [1.29, 1.82) is 0 Å². The monoisotopic (exact) mass is 270 g/mol. The summed E-state index contributed by atoms with van der Waals surface area (Å²) in [5.74, 6) is -0.485. The highest BCUT2D eigenvalue weighted by Crippen LogP contribution is 2.20. The van der Waals surface area contributed by atoms with Crippen molar-refractivity contribution in [2.75, 3.05) is 6.54 Å². The van der Waals surface area contributed by atoms with E-state index in [0.29, 0.717) is 5.56 Å². The molecule has 1 N–H and O–H groups in total. The molecule has 0 atom stereocenters. The van der Waals surface area contributed by atoms with Gasteiger partial charge in [-0.3, -0.25) is 4.79 Å². The van der Waals surface area contributed by atoms with E-state index in [4.69, 9.17) is 0 Å². The van der Waals surface area contributed by atoms with E-state index in [9.17, 15) is 18.0 Å². The number of nitrogens with zero attached hydrogens (tertiary/aromatic N) is 1. The second-order valence-corrected chi connectivity index (χ2v) is 4.29. The summed E-state index contributed by atoms with van der Waals surface area (Å²) in [5, 5.41) is 3.02. The minimum Gasteiger partial charge on any atom is -0.352 e. The number of hydrogen-bond donors (Lipinski definition) is 1. The van der Waals surface area contributed by atoms with Gasteiger partial charge in [-0.05, 0) is 18.2 Å². The van der Waals surface area contributed by atoms with E-state index < -0.39 is 25.0 Å². The van der Waals surface area contributed by atoms with Crippen molar-refractivity contribution in [3.63, 3.8) is 0 Å². The Kier molecular flexibility index (Phi) is 3.50. The Morgan fingerprint density at radius 2 is 2.05 bits per heavy atom. The van der Waals surface area contributed by atoms with Crippen LogP contribution in [0.5, 0.6) is 0 Å². The number of rotatable bonds is 3. The number of aromatic nitrogens is 1. The second kappa shape index (κ2) is 4.95. The molecule has 0 aliphatic carbocycles. The lowest BCUT2D eigenvalue weighted by atomic mass is 10.1. The van der Waals surface area contributed by atoms with Gasteiger partial charge in [-0.2, -0.15) is 13.2 Å². The first-order chi connectivity index (χ1) is 8.88. The van der Waals surface area contributed by atoms with Crippen LogP contribution in [-0.4, -0.2) is 23.2 Å². The van der Waals surface area contributed by atoms with Crippen molar-refractivity contribution in [3.8, 4) is 0 Å². The Labute approximate surface area is 108 Å². The van der Waals surface area contributed by atoms with Crippen molar-refractivity contribution in [3.05, 3.63) is 36.0 Å². The van der Waals surface area contributed by atoms with Gasteiger partial charge >= 0.3 is 6.18 Å². The molecular weight excluding hydrogens is 257 g/mol. The molecule has 0 aliphatic rings. The number of carbonyl (C=O) groups excluding carboxylic acids is 1. The third-order valence-corrected chi connectivity index (χ3v) is 2.87. The van der Waals surface area contributed by atoms with Gasteiger partial charge in [0.15, 0.2) is 0 Å². The third-order valence-electron chi connectivity index (χ3n) is 2.87. The zero-order chi connectivity index (χ0) is 14.0. The summed E-state index contributed by atoms with van der Waals surface area (Å²) >= 11 is 0. The maximum Gasteiger partial charge on any atom is 0.390 e. The van der Waals surface area contributed by atoms with Crippen LogP contribution in [0.15, 0.2) is 30.5 Å². The lowest BCUT2D eigenvalue weighted by Gasteiger charge is -2.08. The summed E-state index contributed by atoms with van der Waals surface area (Å²) in [6.07, 6.45) is -3.48. The van der Waals surface area contributed by atoms with E-state index in [1.165, 1.54) is 0 Å². The number of halogens is 3. The Morgan fingerprint density at radius 1 is 1.32 bits per heavy atom. The normalized spacial score (nSPS) is 11.8. The van der Waals surface area contributed by atoms with Crippen molar-refractivity contribution in [2.24, 2.45) is 7.05 Å². The third kappa shape index (κ3) is 3.07. The molecule has 6 heteroatoms. The number of alkyl halides is 3. The van der Waals surface area contributed by atoms with Crippen LogP contribution in [0.3, 0.4) is 0 Å². The lowest BCUT2D eigenvalue weighted by Crippen LogP contribution is -2.28. The van der Waals surface area contributed by atoms with Gasteiger partial charge in [0.1, 0.15) is 0 Å². The maximum absolute atomic E-state index is 12.0. The number of carbonyl (C=O) groups is 1. The fourth-order valence-corrected chi connectivity index (χ4v) is 1.91. The Morgan fingerprint density at radius 3 is 2.74 bits per heavy atom.